The predicted octanol–water partition coefficient (Wildman–Crippen LogP) is 1.39. The lowest BCUT2D eigenvalue weighted by atomic mass is 10.2. The number of aliphatic hydroxyl groups is 1. The Balaban J connectivity index is 2.02. The van der Waals surface area contributed by atoms with Crippen molar-refractivity contribution in [3.05, 3.63) is 16.6 Å². The third-order valence-electron chi connectivity index (χ3n) is 1.91. The van der Waals surface area contributed by atoms with Crippen molar-refractivity contribution in [2.75, 3.05) is 6.54 Å². The number of hydrogen-bond acceptors (Lipinski definition) is 4. The van der Waals surface area contributed by atoms with Gasteiger partial charge < -0.3 is 10.4 Å². The zero-order valence-corrected chi connectivity index (χ0v) is 8.68. The molecule has 3 nitrogen and oxygen atoms in total. The first-order valence-corrected chi connectivity index (χ1v) is 5.47. The summed E-state index contributed by atoms with van der Waals surface area (Å²) in [5.74, 6) is 0. The largest absolute Gasteiger partial charge is 0.393 e. The van der Waals surface area contributed by atoms with Gasteiger partial charge in [-0.15, -0.1) is 11.3 Å². The fourth-order valence-corrected chi connectivity index (χ4v) is 1.58. The summed E-state index contributed by atoms with van der Waals surface area (Å²) in [6.07, 6.45) is 3.37. The van der Waals surface area contributed by atoms with E-state index >= 15 is 0 Å². The van der Waals surface area contributed by atoms with Crippen LogP contribution in [0.4, 0.5) is 0 Å². The van der Waals surface area contributed by atoms with E-state index in [1.807, 2.05) is 18.6 Å². The van der Waals surface area contributed by atoms with E-state index in [1.165, 1.54) is 4.88 Å². The molecule has 1 unspecified atom stereocenters. The molecular weight excluding hydrogens is 184 g/mol. The van der Waals surface area contributed by atoms with Gasteiger partial charge in [-0.05, 0) is 19.4 Å². The zero-order valence-electron chi connectivity index (χ0n) is 7.86. The molecule has 0 aliphatic heterocycles. The second kappa shape index (κ2) is 6.07. The minimum absolute atomic E-state index is 0.158. The molecule has 2 N–H and O–H groups in total. The number of hydrogen-bond donors (Lipinski definition) is 2. The first-order valence-electron chi connectivity index (χ1n) is 4.59. The first kappa shape index (κ1) is 10.6. The third-order valence-corrected chi connectivity index (χ3v) is 2.69. The van der Waals surface area contributed by atoms with Crippen molar-refractivity contribution in [1.82, 2.24) is 10.3 Å². The summed E-state index contributed by atoms with van der Waals surface area (Å²) < 4.78 is 0. The van der Waals surface area contributed by atoms with Gasteiger partial charge in [-0.3, -0.25) is 4.98 Å². The number of nitrogens with one attached hydrogen (secondary N) is 1. The molecule has 0 saturated heterocycles. The average Bonchev–Trinajstić information content (AvgIpc) is 2.64. The van der Waals surface area contributed by atoms with Crippen molar-refractivity contribution < 1.29 is 5.11 Å². The average molecular weight is 200 g/mol. The Morgan fingerprint density at radius 3 is 3.15 bits per heavy atom. The molecule has 4 heteroatoms. The summed E-state index contributed by atoms with van der Waals surface area (Å²) in [5, 5.41) is 12.5. The Morgan fingerprint density at radius 1 is 1.69 bits per heavy atom. The molecule has 0 aliphatic carbocycles. The highest BCUT2D eigenvalue weighted by Gasteiger charge is 1.99. The van der Waals surface area contributed by atoms with E-state index in [0.717, 1.165) is 25.9 Å². The Hall–Kier alpha value is -0.450. The Bertz CT molecular complexity index is 213. The molecule has 0 saturated carbocycles. The van der Waals surface area contributed by atoms with E-state index in [-0.39, 0.29) is 6.10 Å². The second-order valence-electron chi connectivity index (χ2n) is 3.00. The quantitative estimate of drug-likeness (QED) is 0.682. The number of rotatable bonds is 6. The van der Waals surface area contributed by atoms with Crippen LogP contribution in [0.3, 0.4) is 0 Å². The minimum atomic E-state index is -0.158. The molecule has 0 aliphatic rings. The van der Waals surface area contributed by atoms with E-state index in [1.54, 1.807) is 11.3 Å². The highest BCUT2D eigenvalue weighted by Crippen LogP contribution is 2.04. The van der Waals surface area contributed by atoms with Crippen LogP contribution in [0.2, 0.25) is 0 Å². The Morgan fingerprint density at radius 2 is 2.54 bits per heavy atom. The van der Waals surface area contributed by atoms with Crippen LogP contribution in [-0.4, -0.2) is 22.7 Å². The van der Waals surface area contributed by atoms with Gasteiger partial charge in [-0.2, -0.15) is 0 Å². The lowest BCUT2D eigenvalue weighted by Crippen LogP contribution is -2.19. The van der Waals surface area contributed by atoms with Crippen molar-refractivity contribution in [1.29, 1.82) is 0 Å². The molecule has 0 fully saturated rings. The van der Waals surface area contributed by atoms with Gasteiger partial charge in [0, 0.05) is 17.6 Å². The van der Waals surface area contributed by atoms with Gasteiger partial charge in [0.25, 0.3) is 0 Å². The maximum absolute atomic E-state index is 9.27. The van der Waals surface area contributed by atoms with E-state index in [4.69, 9.17) is 0 Å². The zero-order chi connectivity index (χ0) is 9.52. The van der Waals surface area contributed by atoms with E-state index in [2.05, 4.69) is 10.3 Å². The normalized spacial score (nSPS) is 13.1. The molecule has 0 aromatic carbocycles. The maximum Gasteiger partial charge on any atom is 0.0794 e. The lowest BCUT2D eigenvalue weighted by Gasteiger charge is -2.07. The number of nitrogens with zero attached hydrogens (tertiary/aromatic N) is 1. The van der Waals surface area contributed by atoms with Gasteiger partial charge in [0.05, 0.1) is 11.6 Å². The van der Waals surface area contributed by atoms with Gasteiger partial charge in [0.15, 0.2) is 0 Å². The Kier molecular flexibility index (Phi) is 4.97. The van der Waals surface area contributed by atoms with Crippen LogP contribution in [-0.2, 0) is 6.54 Å². The topological polar surface area (TPSA) is 45.1 Å². The number of aromatic nitrogens is 1. The van der Waals surface area contributed by atoms with Crippen molar-refractivity contribution in [2.45, 2.75) is 32.4 Å². The van der Waals surface area contributed by atoms with Gasteiger partial charge in [-0.25, -0.2) is 0 Å². The third kappa shape index (κ3) is 4.36. The summed E-state index contributed by atoms with van der Waals surface area (Å²) in [6.45, 7) is 3.72. The second-order valence-corrected chi connectivity index (χ2v) is 3.97. The highest BCUT2D eigenvalue weighted by molar-refractivity contribution is 7.09. The molecule has 1 aromatic rings. The molecule has 0 spiro atoms. The standard InChI is InChI=1S/C9H16N2OS/c1-2-8(12)3-4-10-5-9-6-11-7-13-9/h6-8,10,12H,2-5H2,1H3. The maximum atomic E-state index is 9.27. The summed E-state index contributed by atoms with van der Waals surface area (Å²) in [4.78, 5) is 5.22. The molecule has 1 rings (SSSR count). The summed E-state index contributed by atoms with van der Waals surface area (Å²) in [7, 11) is 0. The number of thiazole rings is 1. The summed E-state index contributed by atoms with van der Waals surface area (Å²) >= 11 is 1.65. The van der Waals surface area contributed by atoms with Crippen LogP contribution in [0.25, 0.3) is 0 Å². The molecule has 0 amide bonds. The van der Waals surface area contributed by atoms with E-state index in [0.29, 0.717) is 0 Å². The van der Waals surface area contributed by atoms with Crippen LogP contribution in [0.15, 0.2) is 11.7 Å². The van der Waals surface area contributed by atoms with Gasteiger partial charge in [-0.1, -0.05) is 6.92 Å². The smallest absolute Gasteiger partial charge is 0.0794 e. The van der Waals surface area contributed by atoms with Crippen LogP contribution in [0.5, 0.6) is 0 Å². The van der Waals surface area contributed by atoms with Crippen molar-refractivity contribution in [3.8, 4) is 0 Å². The molecular formula is C9H16N2OS. The van der Waals surface area contributed by atoms with Crippen molar-refractivity contribution >= 4 is 11.3 Å². The van der Waals surface area contributed by atoms with Crippen molar-refractivity contribution in [3.63, 3.8) is 0 Å². The van der Waals surface area contributed by atoms with E-state index < -0.39 is 0 Å². The minimum Gasteiger partial charge on any atom is -0.393 e. The molecule has 0 radical (unpaired) electrons. The molecule has 1 heterocycles. The molecule has 13 heavy (non-hydrogen) atoms. The van der Waals surface area contributed by atoms with Crippen LogP contribution in [0, 0.1) is 0 Å². The Labute approximate surface area is 82.8 Å². The molecule has 1 aromatic heterocycles. The monoisotopic (exact) mass is 200 g/mol. The van der Waals surface area contributed by atoms with E-state index in [9.17, 15) is 5.11 Å². The van der Waals surface area contributed by atoms with Crippen molar-refractivity contribution in [2.24, 2.45) is 0 Å². The van der Waals surface area contributed by atoms with Gasteiger partial charge in [0.1, 0.15) is 0 Å². The molecule has 1 atom stereocenters. The first-order chi connectivity index (χ1) is 6.33. The SMILES string of the molecule is CCC(O)CCNCc1cncs1. The number of aliphatic hydroxyl groups excluding tert-OH is 1. The van der Waals surface area contributed by atoms with Crippen LogP contribution < -0.4 is 5.32 Å². The predicted molar refractivity (Wildman–Crippen MR) is 54.7 cm³/mol. The van der Waals surface area contributed by atoms with Crippen LogP contribution in [0.1, 0.15) is 24.6 Å². The fraction of sp³-hybridized carbons (Fsp3) is 0.667. The summed E-state index contributed by atoms with van der Waals surface area (Å²) in [6, 6.07) is 0. The fourth-order valence-electron chi connectivity index (χ4n) is 1.01. The summed E-state index contributed by atoms with van der Waals surface area (Å²) in [5.41, 5.74) is 1.83. The molecule has 74 valence electrons. The lowest BCUT2D eigenvalue weighted by molar-refractivity contribution is 0.160. The highest BCUT2D eigenvalue weighted by atomic mass is 32.1. The molecule has 0 bridgehead atoms. The van der Waals surface area contributed by atoms with Gasteiger partial charge in [0.2, 0.25) is 0 Å². The van der Waals surface area contributed by atoms with Gasteiger partial charge >= 0.3 is 0 Å². The van der Waals surface area contributed by atoms with Crippen LogP contribution >= 0.6 is 11.3 Å².